The summed E-state index contributed by atoms with van der Waals surface area (Å²) in [4.78, 5) is 21.3. The summed E-state index contributed by atoms with van der Waals surface area (Å²) in [7, 11) is 0. The van der Waals surface area contributed by atoms with Gasteiger partial charge in [-0.3, -0.25) is 10.1 Å². The molecule has 6 heteroatoms. The fourth-order valence-corrected chi connectivity index (χ4v) is 1.58. The summed E-state index contributed by atoms with van der Waals surface area (Å²) in [5, 5.41) is 10.6. The molecule has 0 saturated heterocycles. The van der Waals surface area contributed by atoms with Gasteiger partial charge in [-0.05, 0) is 24.6 Å². The van der Waals surface area contributed by atoms with Gasteiger partial charge in [0, 0.05) is 12.1 Å². The van der Waals surface area contributed by atoms with Gasteiger partial charge in [-0.25, -0.2) is 4.79 Å². The lowest BCUT2D eigenvalue weighted by Crippen LogP contribution is -2.03. The van der Waals surface area contributed by atoms with Crippen molar-refractivity contribution in [1.29, 1.82) is 0 Å². The number of hydrogen-bond donors (Lipinski definition) is 0. The lowest BCUT2D eigenvalue weighted by Gasteiger charge is -2.05. The molecule has 1 aromatic heterocycles. The van der Waals surface area contributed by atoms with Gasteiger partial charge in [0.05, 0.1) is 11.0 Å². The van der Waals surface area contributed by atoms with E-state index in [1.54, 1.807) is 19.1 Å². The normalized spacial score (nSPS) is 10.2. The predicted octanol–water partition coefficient (Wildman–Crippen LogP) is 2.44. The maximum Gasteiger partial charge on any atom is 0.336 e. The number of nitro groups is 1. The highest BCUT2D eigenvalue weighted by Gasteiger charge is 2.07. The van der Waals surface area contributed by atoms with Gasteiger partial charge >= 0.3 is 5.63 Å². The van der Waals surface area contributed by atoms with Gasteiger partial charge in [-0.15, -0.1) is 0 Å². The Morgan fingerprint density at radius 3 is 2.79 bits per heavy atom. The Labute approximate surface area is 108 Å². The number of nitro benzene ring substituents is 1. The molecule has 0 aliphatic carbocycles. The third-order valence-corrected chi connectivity index (χ3v) is 2.38. The predicted molar refractivity (Wildman–Crippen MR) is 67.1 cm³/mol. The average Bonchev–Trinajstić information content (AvgIpc) is 2.35. The van der Waals surface area contributed by atoms with E-state index < -0.39 is 10.5 Å². The zero-order valence-electron chi connectivity index (χ0n) is 10.2. The lowest BCUT2D eigenvalue weighted by atomic mass is 10.3. The van der Waals surface area contributed by atoms with Crippen LogP contribution in [0.3, 0.4) is 0 Å². The average molecular weight is 261 g/mol. The first-order valence-corrected chi connectivity index (χ1v) is 5.52. The number of nitrogens with zero attached hydrogens (tertiary/aromatic N) is 1. The fraction of sp³-hybridized carbons (Fsp3) is 0.154. The van der Waals surface area contributed by atoms with Crippen molar-refractivity contribution < 1.29 is 14.1 Å². The first kappa shape index (κ1) is 12.8. The van der Waals surface area contributed by atoms with Crippen LogP contribution < -0.4 is 10.4 Å². The molecule has 19 heavy (non-hydrogen) atoms. The van der Waals surface area contributed by atoms with Gasteiger partial charge in [-0.2, -0.15) is 0 Å². The van der Waals surface area contributed by atoms with E-state index in [1.807, 2.05) is 0 Å². The van der Waals surface area contributed by atoms with E-state index in [4.69, 9.17) is 9.15 Å². The van der Waals surface area contributed by atoms with Crippen molar-refractivity contribution in [1.82, 2.24) is 0 Å². The maximum absolute atomic E-state index is 11.2. The van der Waals surface area contributed by atoms with Crippen molar-refractivity contribution in [3.05, 3.63) is 68.3 Å². The molecule has 0 N–H and O–H groups in total. The standard InChI is InChI=1S/C13H11NO5/c1-9-5-12(19-13(15)6-9)8-18-11-4-2-3-10(7-11)14(16)17/h2-7H,8H2,1H3. The maximum atomic E-state index is 11.2. The molecule has 0 bridgehead atoms. The minimum atomic E-state index is -0.500. The van der Waals surface area contributed by atoms with Crippen molar-refractivity contribution >= 4 is 5.69 Å². The van der Waals surface area contributed by atoms with Crippen LogP contribution in [-0.4, -0.2) is 4.92 Å². The third kappa shape index (κ3) is 3.41. The Kier molecular flexibility index (Phi) is 3.61. The Hall–Kier alpha value is -2.63. The molecule has 0 radical (unpaired) electrons. The molecule has 2 rings (SSSR count). The molecule has 0 atom stereocenters. The number of non-ortho nitro benzene ring substituents is 1. The van der Waals surface area contributed by atoms with E-state index >= 15 is 0 Å². The van der Waals surface area contributed by atoms with Crippen molar-refractivity contribution in [2.45, 2.75) is 13.5 Å². The summed E-state index contributed by atoms with van der Waals surface area (Å²) in [6, 6.07) is 8.87. The minimum absolute atomic E-state index is 0.0398. The van der Waals surface area contributed by atoms with Crippen LogP contribution in [0.4, 0.5) is 5.69 Å². The first-order valence-electron chi connectivity index (χ1n) is 5.52. The van der Waals surface area contributed by atoms with Gasteiger partial charge in [-0.1, -0.05) is 6.07 Å². The van der Waals surface area contributed by atoms with Gasteiger partial charge in [0.15, 0.2) is 0 Å². The molecule has 98 valence electrons. The molecule has 0 spiro atoms. The molecule has 0 aliphatic rings. The van der Waals surface area contributed by atoms with Crippen LogP contribution in [-0.2, 0) is 6.61 Å². The molecule has 2 aromatic rings. The molecule has 0 unspecified atom stereocenters. The monoisotopic (exact) mass is 261 g/mol. The van der Waals surface area contributed by atoms with Gasteiger partial charge in [0.1, 0.15) is 18.1 Å². The van der Waals surface area contributed by atoms with Crippen LogP contribution in [0.2, 0.25) is 0 Å². The molecule has 6 nitrogen and oxygen atoms in total. The van der Waals surface area contributed by atoms with Crippen molar-refractivity contribution in [3.63, 3.8) is 0 Å². The fourth-order valence-electron chi connectivity index (χ4n) is 1.58. The second-order valence-corrected chi connectivity index (χ2v) is 3.96. The van der Waals surface area contributed by atoms with Crippen LogP contribution in [0.1, 0.15) is 11.3 Å². The second-order valence-electron chi connectivity index (χ2n) is 3.96. The first-order chi connectivity index (χ1) is 9.04. The highest BCUT2D eigenvalue weighted by atomic mass is 16.6. The topological polar surface area (TPSA) is 82.6 Å². The summed E-state index contributed by atoms with van der Waals surface area (Å²) in [6.07, 6.45) is 0. The van der Waals surface area contributed by atoms with Gasteiger partial charge < -0.3 is 9.15 Å². The molecule has 1 heterocycles. The van der Waals surface area contributed by atoms with Crippen LogP contribution in [0.15, 0.2) is 45.6 Å². The van der Waals surface area contributed by atoms with Crippen molar-refractivity contribution in [2.75, 3.05) is 0 Å². The largest absolute Gasteiger partial charge is 0.485 e. The second kappa shape index (κ2) is 5.34. The highest BCUT2D eigenvalue weighted by Crippen LogP contribution is 2.20. The summed E-state index contributed by atoms with van der Waals surface area (Å²) in [5.74, 6) is 0.717. The molecule has 1 aromatic carbocycles. The van der Waals surface area contributed by atoms with Gasteiger partial charge in [0.25, 0.3) is 5.69 Å². The molecule has 0 aliphatic heterocycles. The molecule has 0 amide bonds. The highest BCUT2D eigenvalue weighted by molar-refractivity contribution is 5.37. The summed E-state index contributed by atoms with van der Waals surface area (Å²) < 4.78 is 10.3. The summed E-state index contributed by atoms with van der Waals surface area (Å²) >= 11 is 0. The summed E-state index contributed by atoms with van der Waals surface area (Å²) in [5.41, 5.74) is 0.273. The SMILES string of the molecule is Cc1cc(COc2cccc([N+](=O)[O-])c2)oc(=O)c1. The number of hydrogen-bond acceptors (Lipinski definition) is 5. The van der Waals surface area contributed by atoms with E-state index in [0.717, 1.165) is 5.56 Å². The number of ether oxygens (including phenoxy) is 1. The third-order valence-electron chi connectivity index (χ3n) is 2.38. The van der Waals surface area contributed by atoms with E-state index in [2.05, 4.69) is 0 Å². The van der Waals surface area contributed by atoms with Crippen LogP contribution in [0, 0.1) is 17.0 Å². The van der Waals surface area contributed by atoms with Crippen LogP contribution >= 0.6 is 0 Å². The zero-order valence-corrected chi connectivity index (χ0v) is 10.2. The van der Waals surface area contributed by atoms with Crippen LogP contribution in [0.25, 0.3) is 0 Å². The van der Waals surface area contributed by atoms with Gasteiger partial charge in [0.2, 0.25) is 0 Å². The summed E-state index contributed by atoms with van der Waals surface area (Å²) in [6.45, 7) is 1.81. The smallest absolute Gasteiger partial charge is 0.336 e. The number of aryl methyl sites for hydroxylation is 1. The lowest BCUT2D eigenvalue weighted by molar-refractivity contribution is -0.384. The van der Waals surface area contributed by atoms with Crippen LogP contribution in [0.5, 0.6) is 5.75 Å². The molecular weight excluding hydrogens is 250 g/mol. The Morgan fingerprint density at radius 2 is 2.11 bits per heavy atom. The Balaban J connectivity index is 2.12. The number of rotatable bonds is 4. The molecule has 0 fully saturated rings. The van der Waals surface area contributed by atoms with E-state index in [0.29, 0.717) is 11.5 Å². The zero-order chi connectivity index (χ0) is 13.8. The Bertz CT molecular complexity index is 662. The molecule has 0 saturated carbocycles. The van der Waals surface area contributed by atoms with E-state index in [-0.39, 0.29) is 12.3 Å². The minimum Gasteiger partial charge on any atom is -0.485 e. The van der Waals surface area contributed by atoms with Crippen molar-refractivity contribution in [3.8, 4) is 5.75 Å². The number of benzene rings is 1. The van der Waals surface area contributed by atoms with E-state index in [1.165, 1.54) is 24.3 Å². The van der Waals surface area contributed by atoms with E-state index in [9.17, 15) is 14.9 Å². The quantitative estimate of drug-likeness (QED) is 0.623. The Morgan fingerprint density at radius 1 is 1.32 bits per heavy atom. The van der Waals surface area contributed by atoms with Crippen molar-refractivity contribution in [2.24, 2.45) is 0 Å². The molecular formula is C13H11NO5.